The number of aliphatic hydroxyl groups excluding tert-OH is 2. The number of esters is 1. The Morgan fingerprint density at radius 1 is 1.23 bits per heavy atom. The monoisotopic (exact) mass is 422 g/mol. The molecule has 0 aromatic carbocycles. The van der Waals surface area contributed by atoms with Crippen molar-refractivity contribution < 1.29 is 29.6 Å². The van der Waals surface area contributed by atoms with Crippen LogP contribution < -0.4 is 0 Å². The van der Waals surface area contributed by atoms with Crippen LogP contribution in [-0.2, 0) is 14.3 Å². The molecule has 2 aliphatic carbocycles. The van der Waals surface area contributed by atoms with Gasteiger partial charge >= 0.3 is 11.9 Å². The topological polar surface area (TPSA) is 104 Å². The number of hydrogen-bond acceptors (Lipinski definition) is 5. The van der Waals surface area contributed by atoms with Crippen molar-refractivity contribution in [3.8, 4) is 0 Å². The van der Waals surface area contributed by atoms with E-state index in [2.05, 4.69) is 25.2 Å². The molecule has 0 radical (unpaired) electrons. The smallest absolute Gasteiger partial charge is 0.306 e. The minimum absolute atomic E-state index is 0.0562. The van der Waals surface area contributed by atoms with Gasteiger partial charge in [0.1, 0.15) is 6.10 Å². The molecule has 0 aromatic rings. The molecule has 0 aliphatic heterocycles. The van der Waals surface area contributed by atoms with Gasteiger partial charge < -0.3 is 20.1 Å². The Kier molecular flexibility index (Phi) is 8.68. The van der Waals surface area contributed by atoms with Gasteiger partial charge in [0, 0.05) is 5.92 Å². The molecular formula is C24H38O6. The summed E-state index contributed by atoms with van der Waals surface area (Å²) in [6.07, 6.45) is 7.55. The molecule has 6 nitrogen and oxygen atoms in total. The summed E-state index contributed by atoms with van der Waals surface area (Å²) < 4.78 is 5.95. The molecule has 6 heteroatoms. The van der Waals surface area contributed by atoms with Crippen molar-refractivity contribution in [2.45, 2.75) is 91.0 Å². The Balaban J connectivity index is 2.03. The van der Waals surface area contributed by atoms with Crippen LogP contribution in [0, 0.1) is 23.2 Å². The predicted molar refractivity (Wildman–Crippen MR) is 115 cm³/mol. The molecule has 0 saturated carbocycles. The lowest BCUT2D eigenvalue weighted by Crippen LogP contribution is -2.40. The van der Waals surface area contributed by atoms with E-state index in [1.165, 1.54) is 5.57 Å². The number of aliphatic hydroxyl groups is 2. The van der Waals surface area contributed by atoms with Crippen LogP contribution in [0.3, 0.4) is 0 Å². The largest absolute Gasteiger partial charge is 0.481 e. The van der Waals surface area contributed by atoms with Gasteiger partial charge in [-0.3, -0.25) is 9.59 Å². The predicted octanol–water partition coefficient (Wildman–Crippen LogP) is 3.86. The SMILES string of the molecule is CC1C=CC2=CCCC(OC(=O)CC(C)(C)C)C2C1CCC(O)CC(O)CC(=O)O. The van der Waals surface area contributed by atoms with E-state index < -0.39 is 18.2 Å². The van der Waals surface area contributed by atoms with Gasteiger partial charge in [-0.25, -0.2) is 0 Å². The fourth-order valence-electron chi connectivity index (χ4n) is 4.70. The average Bonchev–Trinajstić information content (AvgIpc) is 2.58. The molecule has 0 fully saturated rings. The zero-order valence-electron chi connectivity index (χ0n) is 18.7. The molecule has 2 aliphatic rings. The van der Waals surface area contributed by atoms with Gasteiger partial charge in [0.15, 0.2) is 0 Å². The van der Waals surface area contributed by atoms with Crippen molar-refractivity contribution in [3.63, 3.8) is 0 Å². The van der Waals surface area contributed by atoms with Crippen LogP contribution in [0.1, 0.15) is 72.6 Å². The quantitative estimate of drug-likeness (QED) is 0.488. The second kappa shape index (κ2) is 10.6. The molecule has 6 atom stereocenters. The Labute approximate surface area is 180 Å². The summed E-state index contributed by atoms with van der Waals surface area (Å²) in [4.78, 5) is 23.2. The molecule has 0 heterocycles. The highest BCUT2D eigenvalue weighted by Gasteiger charge is 2.40. The van der Waals surface area contributed by atoms with Gasteiger partial charge in [-0.05, 0) is 54.9 Å². The van der Waals surface area contributed by atoms with Gasteiger partial charge in [-0.2, -0.15) is 0 Å². The number of aliphatic carboxylic acids is 1. The molecule has 0 amide bonds. The van der Waals surface area contributed by atoms with Gasteiger partial charge in [0.25, 0.3) is 0 Å². The van der Waals surface area contributed by atoms with E-state index in [0.717, 1.165) is 19.3 Å². The highest BCUT2D eigenvalue weighted by molar-refractivity contribution is 5.70. The number of carbonyl (C=O) groups excluding carboxylic acids is 1. The van der Waals surface area contributed by atoms with Gasteiger partial charge in [-0.1, -0.05) is 45.9 Å². The summed E-state index contributed by atoms with van der Waals surface area (Å²) >= 11 is 0. The Hall–Kier alpha value is -1.66. The van der Waals surface area contributed by atoms with Crippen molar-refractivity contribution in [3.05, 3.63) is 23.8 Å². The summed E-state index contributed by atoms with van der Waals surface area (Å²) in [6.45, 7) is 8.21. The number of carbonyl (C=O) groups is 2. The lowest BCUT2D eigenvalue weighted by Gasteiger charge is -2.42. The van der Waals surface area contributed by atoms with E-state index in [1.54, 1.807) is 0 Å². The number of rotatable bonds is 9. The van der Waals surface area contributed by atoms with Crippen molar-refractivity contribution in [2.24, 2.45) is 23.2 Å². The number of fused-ring (bicyclic) bond motifs is 1. The van der Waals surface area contributed by atoms with Crippen LogP contribution in [0.5, 0.6) is 0 Å². The first-order valence-corrected chi connectivity index (χ1v) is 11.1. The molecule has 0 saturated heterocycles. The van der Waals surface area contributed by atoms with Gasteiger partial charge in [0.05, 0.1) is 25.0 Å². The summed E-state index contributed by atoms with van der Waals surface area (Å²) in [5, 5.41) is 28.9. The van der Waals surface area contributed by atoms with E-state index in [-0.39, 0.29) is 48.1 Å². The van der Waals surface area contributed by atoms with Crippen LogP contribution in [0.25, 0.3) is 0 Å². The van der Waals surface area contributed by atoms with E-state index >= 15 is 0 Å². The number of ether oxygens (including phenoxy) is 1. The number of carboxylic acids is 1. The zero-order chi connectivity index (χ0) is 22.5. The lowest BCUT2D eigenvalue weighted by molar-refractivity contribution is -0.155. The molecule has 6 unspecified atom stereocenters. The van der Waals surface area contributed by atoms with Crippen LogP contribution in [0.15, 0.2) is 23.8 Å². The molecule has 0 aromatic heterocycles. The minimum atomic E-state index is -1.07. The third kappa shape index (κ3) is 7.55. The fourth-order valence-corrected chi connectivity index (χ4v) is 4.70. The second-order valence-electron chi connectivity index (χ2n) is 10.2. The van der Waals surface area contributed by atoms with Crippen LogP contribution in [0.4, 0.5) is 0 Å². The van der Waals surface area contributed by atoms with E-state index in [1.807, 2.05) is 20.8 Å². The molecular weight excluding hydrogens is 384 g/mol. The van der Waals surface area contributed by atoms with Crippen LogP contribution in [-0.4, -0.2) is 45.6 Å². The molecule has 0 spiro atoms. The molecule has 30 heavy (non-hydrogen) atoms. The first-order valence-electron chi connectivity index (χ1n) is 11.1. The van der Waals surface area contributed by atoms with E-state index in [4.69, 9.17) is 9.84 Å². The Morgan fingerprint density at radius 2 is 1.93 bits per heavy atom. The summed E-state index contributed by atoms with van der Waals surface area (Å²) in [5.41, 5.74) is 1.09. The maximum atomic E-state index is 12.5. The fraction of sp³-hybridized carbons (Fsp3) is 0.750. The summed E-state index contributed by atoms with van der Waals surface area (Å²) in [7, 11) is 0. The molecule has 3 N–H and O–H groups in total. The lowest BCUT2D eigenvalue weighted by atomic mass is 9.66. The molecule has 2 rings (SSSR count). The summed E-state index contributed by atoms with van der Waals surface area (Å²) in [5.74, 6) is -0.617. The van der Waals surface area contributed by atoms with Crippen molar-refractivity contribution in [1.82, 2.24) is 0 Å². The molecule has 170 valence electrons. The Bertz CT molecular complexity index is 659. The number of carboxylic acid groups (broad SMARTS) is 1. The van der Waals surface area contributed by atoms with E-state index in [0.29, 0.717) is 12.8 Å². The standard InChI is InChI=1S/C24H38O6/c1-15-8-9-16-6-5-7-20(30-22(29)14-24(2,3)4)23(16)19(15)11-10-17(25)12-18(26)13-21(27)28/h6,8-9,15,17-20,23,25-26H,5,7,10-14H2,1-4H3,(H,27,28). The molecule has 0 bridgehead atoms. The third-order valence-electron chi connectivity index (χ3n) is 6.09. The normalized spacial score (nSPS) is 28.3. The average molecular weight is 423 g/mol. The number of hydrogen-bond donors (Lipinski definition) is 3. The highest BCUT2D eigenvalue weighted by Crippen LogP contribution is 2.44. The second-order valence-corrected chi connectivity index (χ2v) is 10.2. The first-order chi connectivity index (χ1) is 14.0. The zero-order valence-corrected chi connectivity index (χ0v) is 18.7. The van der Waals surface area contributed by atoms with Crippen molar-refractivity contribution in [2.75, 3.05) is 0 Å². The minimum Gasteiger partial charge on any atom is -0.481 e. The van der Waals surface area contributed by atoms with Crippen LogP contribution >= 0.6 is 0 Å². The summed E-state index contributed by atoms with van der Waals surface area (Å²) in [6, 6.07) is 0. The third-order valence-corrected chi connectivity index (χ3v) is 6.09. The number of allylic oxidation sites excluding steroid dienone is 3. The first kappa shape index (κ1) is 24.6. The van der Waals surface area contributed by atoms with Crippen molar-refractivity contribution in [1.29, 1.82) is 0 Å². The Morgan fingerprint density at radius 3 is 2.57 bits per heavy atom. The highest BCUT2D eigenvalue weighted by atomic mass is 16.5. The maximum Gasteiger partial charge on any atom is 0.306 e. The van der Waals surface area contributed by atoms with E-state index in [9.17, 15) is 19.8 Å². The maximum absolute atomic E-state index is 12.5. The van der Waals surface area contributed by atoms with Gasteiger partial charge in [0.2, 0.25) is 0 Å². The van der Waals surface area contributed by atoms with Crippen LogP contribution in [0.2, 0.25) is 0 Å². The van der Waals surface area contributed by atoms with Crippen molar-refractivity contribution >= 4 is 11.9 Å². The van der Waals surface area contributed by atoms with Gasteiger partial charge in [-0.15, -0.1) is 0 Å².